The summed E-state index contributed by atoms with van der Waals surface area (Å²) in [5, 5.41) is 12.1. The number of amides is 1. The van der Waals surface area contributed by atoms with Crippen LogP contribution >= 0.6 is 0 Å². The highest BCUT2D eigenvalue weighted by molar-refractivity contribution is 5.76. The summed E-state index contributed by atoms with van der Waals surface area (Å²) in [5.74, 6) is 4.24. The van der Waals surface area contributed by atoms with Crippen LogP contribution in [0.1, 0.15) is 44.9 Å². The molecule has 0 bridgehead atoms. The van der Waals surface area contributed by atoms with Gasteiger partial charge < -0.3 is 9.80 Å². The van der Waals surface area contributed by atoms with Crippen LogP contribution in [0.15, 0.2) is 0 Å². The molecule has 7 heteroatoms. The highest BCUT2D eigenvalue weighted by Gasteiger charge is 2.24. The molecule has 0 saturated carbocycles. The lowest BCUT2D eigenvalue weighted by molar-refractivity contribution is -0.132. The maximum absolute atomic E-state index is 12.3. The van der Waals surface area contributed by atoms with E-state index < -0.39 is 0 Å². The van der Waals surface area contributed by atoms with Crippen LogP contribution in [0.3, 0.4) is 0 Å². The fraction of sp³-hybridized carbons (Fsp3) is 0.765. The van der Waals surface area contributed by atoms with Crippen molar-refractivity contribution in [1.82, 2.24) is 25.1 Å². The second kappa shape index (κ2) is 8.13. The largest absolute Gasteiger partial charge is 0.343 e. The molecule has 0 N–H and O–H groups in total. The van der Waals surface area contributed by atoms with Crippen molar-refractivity contribution in [2.45, 2.75) is 51.5 Å². The Bertz CT molecular complexity index is 586. The van der Waals surface area contributed by atoms with Gasteiger partial charge in [-0.2, -0.15) is 0 Å². The summed E-state index contributed by atoms with van der Waals surface area (Å²) in [6.45, 7) is 4.16. The first-order chi connectivity index (χ1) is 11.8. The number of aromatic nitrogens is 4. The van der Waals surface area contributed by atoms with E-state index in [1.54, 1.807) is 4.68 Å². The van der Waals surface area contributed by atoms with Gasteiger partial charge in [0.15, 0.2) is 0 Å². The topological polar surface area (TPSA) is 67.2 Å². The maximum atomic E-state index is 12.3. The van der Waals surface area contributed by atoms with E-state index in [-0.39, 0.29) is 5.91 Å². The lowest BCUT2D eigenvalue weighted by Gasteiger charge is -2.32. The molecule has 1 amide bonds. The third-order valence-electron chi connectivity index (χ3n) is 4.97. The second-order valence-corrected chi connectivity index (χ2v) is 6.76. The summed E-state index contributed by atoms with van der Waals surface area (Å²) in [5.41, 5.74) is 0. The van der Waals surface area contributed by atoms with E-state index in [1.165, 1.54) is 6.42 Å². The van der Waals surface area contributed by atoms with Gasteiger partial charge in [-0.25, -0.2) is 4.68 Å². The Hall–Kier alpha value is -2.10. The Kier molecular flexibility index (Phi) is 5.68. The number of rotatable bonds is 5. The van der Waals surface area contributed by atoms with Crippen molar-refractivity contribution in [3.8, 4) is 12.3 Å². The minimum Gasteiger partial charge on any atom is -0.343 e. The van der Waals surface area contributed by atoms with Gasteiger partial charge in [-0.3, -0.25) is 4.79 Å². The van der Waals surface area contributed by atoms with Crippen LogP contribution in [0.2, 0.25) is 0 Å². The van der Waals surface area contributed by atoms with Crippen molar-refractivity contribution in [2.75, 3.05) is 31.1 Å². The Morgan fingerprint density at radius 2 is 2.04 bits per heavy atom. The molecule has 2 fully saturated rings. The molecule has 0 spiro atoms. The number of carbonyl (C=O) groups is 1. The Balaban J connectivity index is 1.56. The van der Waals surface area contributed by atoms with Crippen molar-refractivity contribution < 1.29 is 4.79 Å². The molecule has 1 atom stereocenters. The Morgan fingerprint density at radius 3 is 2.83 bits per heavy atom. The molecule has 3 rings (SSSR count). The molecule has 2 aliphatic heterocycles. The number of hydrogen-bond acceptors (Lipinski definition) is 5. The van der Waals surface area contributed by atoms with E-state index in [0.717, 1.165) is 64.2 Å². The van der Waals surface area contributed by atoms with Gasteiger partial charge in [0.05, 0.1) is 6.54 Å². The van der Waals surface area contributed by atoms with Crippen LogP contribution in [0, 0.1) is 18.3 Å². The SMILES string of the molecule is C#CCC1CCCN(c2nnnn2CCC(=O)N2CCCCC2)C1. The summed E-state index contributed by atoms with van der Waals surface area (Å²) in [6, 6.07) is 0. The first-order valence-corrected chi connectivity index (χ1v) is 9.00. The number of carbonyl (C=O) groups excluding carboxylic acids is 1. The van der Waals surface area contributed by atoms with E-state index in [0.29, 0.717) is 18.9 Å². The molecule has 130 valence electrons. The molecule has 7 nitrogen and oxygen atoms in total. The number of hydrogen-bond donors (Lipinski definition) is 0. The van der Waals surface area contributed by atoms with Crippen LogP contribution in [0.25, 0.3) is 0 Å². The number of likely N-dealkylation sites (tertiary alicyclic amines) is 1. The third-order valence-corrected chi connectivity index (χ3v) is 4.97. The number of nitrogens with zero attached hydrogens (tertiary/aromatic N) is 6. The summed E-state index contributed by atoms with van der Waals surface area (Å²) >= 11 is 0. The van der Waals surface area contributed by atoms with E-state index in [4.69, 9.17) is 6.42 Å². The molecule has 0 aliphatic carbocycles. The van der Waals surface area contributed by atoms with E-state index in [2.05, 4.69) is 26.3 Å². The first-order valence-electron chi connectivity index (χ1n) is 9.00. The number of aryl methyl sites for hydroxylation is 1. The van der Waals surface area contributed by atoms with Crippen molar-refractivity contribution in [1.29, 1.82) is 0 Å². The zero-order valence-corrected chi connectivity index (χ0v) is 14.2. The average Bonchev–Trinajstić information content (AvgIpc) is 3.09. The number of tetrazole rings is 1. The normalized spacial score (nSPS) is 21.5. The van der Waals surface area contributed by atoms with Crippen LogP contribution in [-0.2, 0) is 11.3 Å². The van der Waals surface area contributed by atoms with E-state index >= 15 is 0 Å². The smallest absolute Gasteiger partial charge is 0.245 e. The lowest BCUT2D eigenvalue weighted by atomic mass is 9.95. The summed E-state index contributed by atoms with van der Waals surface area (Å²) in [7, 11) is 0. The van der Waals surface area contributed by atoms with Crippen molar-refractivity contribution in [2.24, 2.45) is 5.92 Å². The van der Waals surface area contributed by atoms with Crippen molar-refractivity contribution in [3.05, 3.63) is 0 Å². The quantitative estimate of drug-likeness (QED) is 0.762. The summed E-state index contributed by atoms with van der Waals surface area (Å²) < 4.78 is 1.76. The van der Waals surface area contributed by atoms with Gasteiger partial charge in [0, 0.05) is 39.0 Å². The molecule has 3 heterocycles. The molecular weight excluding hydrogens is 304 g/mol. The van der Waals surface area contributed by atoms with Gasteiger partial charge in [0.1, 0.15) is 0 Å². The summed E-state index contributed by atoms with van der Waals surface area (Å²) in [6.07, 6.45) is 12.4. The Labute approximate surface area is 143 Å². The predicted molar refractivity (Wildman–Crippen MR) is 91.3 cm³/mol. The standard InChI is InChI=1S/C17H26N6O/c1-2-7-15-8-6-12-22(14-15)17-18-19-20-23(17)13-9-16(24)21-10-4-3-5-11-21/h1,15H,3-14H2. The molecule has 1 unspecified atom stereocenters. The molecule has 1 aromatic heterocycles. The van der Waals surface area contributed by atoms with Crippen molar-refractivity contribution >= 4 is 11.9 Å². The number of anilines is 1. The molecule has 0 aromatic carbocycles. The Morgan fingerprint density at radius 1 is 1.21 bits per heavy atom. The first kappa shape index (κ1) is 16.7. The monoisotopic (exact) mass is 330 g/mol. The zero-order valence-electron chi connectivity index (χ0n) is 14.2. The molecular formula is C17H26N6O. The molecule has 2 saturated heterocycles. The maximum Gasteiger partial charge on any atom is 0.245 e. The van der Waals surface area contributed by atoms with Gasteiger partial charge in [0.2, 0.25) is 11.9 Å². The second-order valence-electron chi connectivity index (χ2n) is 6.76. The fourth-order valence-electron chi connectivity index (χ4n) is 3.65. The highest BCUT2D eigenvalue weighted by atomic mass is 16.2. The third kappa shape index (κ3) is 4.05. The van der Waals surface area contributed by atoms with Gasteiger partial charge in [-0.05, 0) is 48.4 Å². The molecule has 0 radical (unpaired) electrons. The fourth-order valence-corrected chi connectivity index (χ4v) is 3.65. The van der Waals surface area contributed by atoms with Gasteiger partial charge in [-0.1, -0.05) is 5.10 Å². The average molecular weight is 330 g/mol. The highest BCUT2D eigenvalue weighted by Crippen LogP contribution is 2.23. The predicted octanol–water partition coefficient (Wildman–Crippen LogP) is 1.32. The van der Waals surface area contributed by atoms with E-state index in [9.17, 15) is 4.79 Å². The van der Waals surface area contributed by atoms with Crippen LogP contribution in [0.5, 0.6) is 0 Å². The van der Waals surface area contributed by atoms with Crippen LogP contribution < -0.4 is 4.90 Å². The molecule has 24 heavy (non-hydrogen) atoms. The molecule has 1 aromatic rings. The molecule has 2 aliphatic rings. The van der Waals surface area contributed by atoms with Crippen LogP contribution in [-0.4, -0.2) is 57.2 Å². The minimum absolute atomic E-state index is 0.208. The van der Waals surface area contributed by atoms with Gasteiger partial charge in [0.25, 0.3) is 0 Å². The summed E-state index contributed by atoms with van der Waals surface area (Å²) in [4.78, 5) is 16.5. The van der Waals surface area contributed by atoms with Gasteiger partial charge >= 0.3 is 0 Å². The minimum atomic E-state index is 0.208. The van der Waals surface area contributed by atoms with Gasteiger partial charge in [-0.15, -0.1) is 12.3 Å². The van der Waals surface area contributed by atoms with Crippen LogP contribution in [0.4, 0.5) is 5.95 Å². The zero-order chi connectivity index (χ0) is 16.8. The lowest BCUT2D eigenvalue weighted by Crippen LogP contribution is -2.38. The van der Waals surface area contributed by atoms with Crippen molar-refractivity contribution in [3.63, 3.8) is 0 Å². The number of piperidine rings is 2. The number of terminal acetylenes is 1. The van der Waals surface area contributed by atoms with E-state index in [1.807, 2.05) is 4.90 Å².